The number of methoxy groups -OCH3 is 2. The summed E-state index contributed by atoms with van der Waals surface area (Å²) in [6.45, 7) is 2.65. The van der Waals surface area contributed by atoms with Crippen molar-refractivity contribution in [2.75, 3.05) is 53.3 Å². The maximum atomic E-state index is 12.8. The van der Waals surface area contributed by atoms with Gasteiger partial charge in [0, 0.05) is 38.7 Å². The predicted molar refractivity (Wildman–Crippen MR) is 102 cm³/mol. The lowest BCUT2D eigenvalue weighted by molar-refractivity contribution is -0.134. The van der Waals surface area contributed by atoms with Gasteiger partial charge in [-0.15, -0.1) is 0 Å². The summed E-state index contributed by atoms with van der Waals surface area (Å²) in [5.41, 5.74) is 0.744. The zero-order valence-electron chi connectivity index (χ0n) is 16.2. The Balaban J connectivity index is 1.69. The molecule has 8 heteroatoms. The first kappa shape index (κ1) is 20.1. The van der Waals surface area contributed by atoms with Crippen molar-refractivity contribution in [2.45, 2.75) is 12.8 Å². The maximum absolute atomic E-state index is 12.8. The number of nitrogens with zero attached hydrogens (tertiary/aromatic N) is 2. The van der Waals surface area contributed by atoms with E-state index in [1.54, 1.807) is 14.2 Å². The molecule has 3 rings (SSSR count). The van der Waals surface area contributed by atoms with Gasteiger partial charge in [0.2, 0.25) is 15.9 Å². The SMILES string of the molecule is COC[C@@]12CCN(C(=O)Cc3ccc(OC)cc3)C[C@@H]1CN(S(C)(=O)=O)C2. The number of likely N-dealkylation sites (tertiary alicyclic amines) is 1. The van der Waals surface area contributed by atoms with Gasteiger partial charge in [-0.05, 0) is 30.0 Å². The molecule has 0 spiro atoms. The van der Waals surface area contributed by atoms with Crippen LogP contribution in [0.1, 0.15) is 12.0 Å². The van der Waals surface area contributed by atoms with Crippen LogP contribution in [0.15, 0.2) is 24.3 Å². The van der Waals surface area contributed by atoms with Crippen LogP contribution in [0.3, 0.4) is 0 Å². The van der Waals surface area contributed by atoms with E-state index in [1.165, 1.54) is 10.6 Å². The minimum absolute atomic E-state index is 0.0731. The van der Waals surface area contributed by atoms with E-state index in [9.17, 15) is 13.2 Å². The van der Waals surface area contributed by atoms with Crippen LogP contribution in [0, 0.1) is 11.3 Å². The third-order valence-corrected chi connectivity index (χ3v) is 7.09. The Kier molecular flexibility index (Phi) is 5.79. The van der Waals surface area contributed by atoms with Crippen molar-refractivity contribution in [1.29, 1.82) is 0 Å². The van der Waals surface area contributed by atoms with Crippen molar-refractivity contribution in [3.63, 3.8) is 0 Å². The third kappa shape index (κ3) is 4.28. The minimum Gasteiger partial charge on any atom is -0.497 e. The molecule has 2 aliphatic rings. The van der Waals surface area contributed by atoms with E-state index in [4.69, 9.17) is 9.47 Å². The number of fused-ring (bicyclic) bond motifs is 1. The molecule has 0 unspecified atom stereocenters. The van der Waals surface area contributed by atoms with Crippen LogP contribution in [0.4, 0.5) is 0 Å². The molecule has 0 radical (unpaired) electrons. The van der Waals surface area contributed by atoms with Gasteiger partial charge in [0.25, 0.3) is 0 Å². The van der Waals surface area contributed by atoms with E-state index in [0.29, 0.717) is 39.2 Å². The van der Waals surface area contributed by atoms with Crippen molar-refractivity contribution >= 4 is 15.9 Å². The number of sulfonamides is 1. The summed E-state index contributed by atoms with van der Waals surface area (Å²) >= 11 is 0. The average molecular weight is 397 g/mol. The second-order valence-electron chi connectivity index (χ2n) is 7.66. The Hall–Kier alpha value is -1.64. The highest BCUT2D eigenvalue weighted by Gasteiger charge is 2.52. The van der Waals surface area contributed by atoms with Crippen LogP contribution in [0.2, 0.25) is 0 Å². The summed E-state index contributed by atoms with van der Waals surface area (Å²) in [5, 5.41) is 0. The molecule has 2 aliphatic heterocycles. The molecule has 0 N–H and O–H groups in total. The fraction of sp³-hybridized carbons (Fsp3) is 0.632. The molecule has 1 aromatic carbocycles. The molecule has 2 heterocycles. The van der Waals surface area contributed by atoms with E-state index >= 15 is 0 Å². The molecule has 7 nitrogen and oxygen atoms in total. The first-order valence-corrected chi connectivity index (χ1v) is 11.0. The maximum Gasteiger partial charge on any atom is 0.226 e. The Bertz CT molecular complexity index is 780. The van der Waals surface area contributed by atoms with Crippen molar-refractivity contribution in [1.82, 2.24) is 9.21 Å². The summed E-state index contributed by atoms with van der Waals surface area (Å²) in [7, 11) is 0.0139. The fourth-order valence-corrected chi connectivity index (χ4v) is 5.21. The van der Waals surface area contributed by atoms with Crippen LogP contribution >= 0.6 is 0 Å². The largest absolute Gasteiger partial charge is 0.497 e. The van der Waals surface area contributed by atoms with Crippen LogP contribution in [0.25, 0.3) is 0 Å². The van der Waals surface area contributed by atoms with Gasteiger partial charge >= 0.3 is 0 Å². The predicted octanol–water partition coefficient (Wildman–Crippen LogP) is 0.994. The van der Waals surface area contributed by atoms with Crippen molar-refractivity contribution in [3.05, 3.63) is 29.8 Å². The van der Waals surface area contributed by atoms with E-state index in [1.807, 2.05) is 29.2 Å². The van der Waals surface area contributed by atoms with Crippen molar-refractivity contribution in [2.24, 2.45) is 11.3 Å². The first-order valence-electron chi connectivity index (χ1n) is 9.12. The number of piperidine rings is 1. The number of carbonyl (C=O) groups is 1. The summed E-state index contributed by atoms with van der Waals surface area (Å²) in [6.07, 6.45) is 2.34. The topological polar surface area (TPSA) is 76.2 Å². The molecule has 1 amide bonds. The number of amides is 1. The normalized spacial score (nSPS) is 26.0. The summed E-state index contributed by atoms with van der Waals surface area (Å²) < 4.78 is 36.2. The number of rotatable bonds is 6. The lowest BCUT2D eigenvalue weighted by Gasteiger charge is -2.43. The van der Waals surface area contributed by atoms with Gasteiger partial charge in [-0.1, -0.05) is 12.1 Å². The molecule has 1 aromatic rings. The molecule has 27 heavy (non-hydrogen) atoms. The van der Waals surface area contributed by atoms with Gasteiger partial charge < -0.3 is 14.4 Å². The summed E-state index contributed by atoms with van der Waals surface area (Å²) in [5.74, 6) is 0.935. The van der Waals surface area contributed by atoms with E-state index < -0.39 is 10.0 Å². The number of ether oxygens (including phenoxy) is 2. The molecular formula is C19H28N2O5S. The summed E-state index contributed by atoms with van der Waals surface area (Å²) in [6, 6.07) is 7.50. The number of hydrogen-bond donors (Lipinski definition) is 0. The summed E-state index contributed by atoms with van der Waals surface area (Å²) in [4.78, 5) is 14.7. The van der Waals surface area contributed by atoms with Gasteiger partial charge in [-0.3, -0.25) is 4.79 Å². The van der Waals surface area contributed by atoms with E-state index in [0.717, 1.165) is 17.7 Å². The van der Waals surface area contributed by atoms with Gasteiger partial charge in [0.05, 0.1) is 26.4 Å². The highest BCUT2D eigenvalue weighted by atomic mass is 32.2. The van der Waals surface area contributed by atoms with E-state index in [-0.39, 0.29) is 17.2 Å². The van der Waals surface area contributed by atoms with Crippen LogP contribution < -0.4 is 4.74 Å². The Morgan fingerprint density at radius 3 is 2.52 bits per heavy atom. The Labute approximate surface area is 161 Å². The smallest absolute Gasteiger partial charge is 0.226 e. The highest BCUT2D eigenvalue weighted by Crippen LogP contribution is 2.44. The van der Waals surface area contributed by atoms with Crippen LogP contribution in [-0.4, -0.2) is 76.8 Å². The van der Waals surface area contributed by atoms with Crippen molar-refractivity contribution < 1.29 is 22.7 Å². The van der Waals surface area contributed by atoms with Gasteiger partial charge in [0.15, 0.2) is 0 Å². The molecule has 2 saturated heterocycles. The quantitative estimate of drug-likeness (QED) is 0.717. The van der Waals surface area contributed by atoms with Gasteiger partial charge in [-0.25, -0.2) is 12.7 Å². The molecular weight excluding hydrogens is 368 g/mol. The monoisotopic (exact) mass is 396 g/mol. The second kappa shape index (κ2) is 7.77. The Morgan fingerprint density at radius 1 is 1.22 bits per heavy atom. The Morgan fingerprint density at radius 2 is 1.93 bits per heavy atom. The second-order valence-corrected chi connectivity index (χ2v) is 9.64. The molecule has 2 fully saturated rings. The zero-order chi connectivity index (χ0) is 19.7. The number of carbonyl (C=O) groups excluding carboxylic acids is 1. The zero-order valence-corrected chi connectivity index (χ0v) is 17.0. The van der Waals surface area contributed by atoms with Gasteiger partial charge in [0.1, 0.15) is 5.75 Å². The third-order valence-electron chi connectivity index (χ3n) is 5.87. The standard InChI is InChI=1S/C19H28N2O5S/c1-25-14-19-8-9-20(11-16(19)12-21(13-19)27(3,23)24)18(22)10-15-4-6-17(26-2)7-5-15/h4-7,16H,8-14H2,1-3H3/t16-,19+/m1/s1. The molecule has 0 bridgehead atoms. The lowest BCUT2D eigenvalue weighted by atomic mass is 9.73. The molecule has 0 aromatic heterocycles. The van der Waals surface area contributed by atoms with E-state index in [2.05, 4.69) is 0 Å². The lowest BCUT2D eigenvalue weighted by Crippen LogP contribution is -2.51. The van der Waals surface area contributed by atoms with Crippen molar-refractivity contribution in [3.8, 4) is 5.75 Å². The number of hydrogen-bond acceptors (Lipinski definition) is 5. The molecule has 0 aliphatic carbocycles. The molecule has 150 valence electrons. The average Bonchev–Trinajstić information content (AvgIpc) is 3.01. The highest BCUT2D eigenvalue weighted by molar-refractivity contribution is 7.88. The van der Waals surface area contributed by atoms with Gasteiger partial charge in [-0.2, -0.15) is 0 Å². The first-order chi connectivity index (χ1) is 12.8. The molecule has 2 atom stereocenters. The number of benzene rings is 1. The van der Waals surface area contributed by atoms with Crippen LogP contribution in [-0.2, 0) is 26.0 Å². The fourth-order valence-electron chi connectivity index (χ4n) is 4.27. The van der Waals surface area contributed by atoms with Crippen LogP contribution in [0.5, 0.6) is 5.75 Å². The molecule has 0 saturated carbocycles. The minimum atomic E-state index is -3.25.